The number of benzene rings is 1. The fraction of sp³-hybridized carbons (Fsp3) is 0.562. The molecule has 5 heteroatoms. The molecular weight excluding hydrogens is 309 g/mol. The molecule has 1 amide bonds. The van der Waals surface area contributed by atoms with Crippen molar-refractivity contribution in [1.29, 1.82) is 0 Å². The first-order valence-electron chi connectivity index (χ1n) is 7.39. The first kappa shape index (κ1) is 16.4. The predicted octanol–water partition coefficient (Wildman–Crippen LogP) is 4.46. The standard InChI is InChI=1S/C16H21Cl2NO2/c1-10-5-3-4-6-14(10)19-16(20)11(2)21-15-8-7-12(17)9-13(15)18/h7-11,14H,3-6H2,1-2H3,(H,19,20)/t10-,11+,14-/m0/s1. The second-order valence-corrected chi connectivity index (χ2v) is 6.56. The summed E-state index contributed by atoms with van der Waals surface area (Å²) in [4.78, 5) is 12.2. The highest BCUT2D eigenvalue weighted by Crippen LogP contribution is 2.28. The molecule has 0 bridgehead atoms. The van der Waals surface area contributed by atoms with Gasteiger partial charge in [-0.1, -0.05) is 43.0 Å². The van der Waals surface area contributed by atoms with Crippen LogP contribution < -0.4 is 10.1 Å². The first-order chi connectivity index (χ1) is 9.97. The Labute approximate surface area is 136 Å². The Hall–Kier alpha value is -0.930. The fourth-order valence-corrected chi connectivity index (χ4v) is 3.10. The molecule has 1 saturated carbocycles. The van der Waals surface area contributed by atoms with E-state index in [1.165, 1.54) is 19.3 Å². The summed E-state index contributed by atoms with van der Waals surface area (Å²) in [5, 5.41) is 4.04. The van der Waals surface area contributed by atoms with Gasteiger partial charge in [0.15, 0.2) is 6.10 Å². The Morgan fingerprint density at radius 3 is 2.71 bits per heavy atom. The Morgan fingerprint density at radius 2 is 2.05 bits per heavy atom. The van der Waals surface area contributed by atoms with Crippen molar-refractivity contribution >= 4 is 29.1 Å². The maximum Gasteiger partial charge on any atom is 0.261 e. The van der Waals surface area contributed by atoms with Gasteiger partial charge in [0, 0.05) is 11.1 Å². The van der Waals surface area contributed by atoms with Crippen molar-refractivity contribution in [3.8, 4) is 5.75 Å². The molecule has 116 valence electrons. The van der Waals surface area contributed by atoms with Crippen LogP contribution in [0.1, 0.15) is 39.5 Å². The highest BCUT2D eigenvalue weighted by molar-refractivity contribution is 6.35. The third kappa shape index (κ3) is 4.52. The smallest absolute Gasteiger partial charge is 0.261 e. The van der Waals surface area contributed by atoms with Crippen molar-refractivity contribution in [3.05, 3.63) is 28.2 Å². The van der Waals surface area contributed by atoms with Crippen molar-refractivity contribution in [3.63, 3.8) is 0 Å². The van der Waals surface area contributed by atoms with Crippen LogP contribution in [-0.4, -0.2) is 18.1 Å². The molecule has 1 aliphatic carbocycles. The molecule has 0 aromatic heterocycles. The van der Waals surface area contributed by atoms with Gasteiger partial charge in [0.25, 0.3) is 5.91 Å². The first-order valence-corrected chi connectivity index (χ1v) is 8.15. The van der Waals surface area contributed by atoms with Crippen LogP contribution in [-0.2, 0) is 4.79 Å². The highest BCUT2D eigenvalue weighted by atomic mass is 35.5. The minimum Gasteiger partial charge on any atom is -0.479 e. The van der Waals surface area contributed by atoms with E-state index in [0.717, 1.165) is 6.42 Å². The molecule has 1 aromatic carbocycles. The van der Waals surface area contributed by atoms with Crippen molar-refractivity contribution < 1.29 is 9.53 Å². The van der Waals surface area contributed by atoms with Gasteiger partial charge < -0.3 is 10.1 Å². The predicted molar refractivity (Wildman–Crippen MR) is 86.1 cm³/mol. The largest absolute Gasteiger partial charge is 0.479 e. The van der Waals surface area contributed by atoms with E-state index in [4.69, 9.17) is 27.9 Å². The van der Waals surface area contributed by atoms with E-state index in [-0.39, 0.29) is 11.9 Å². The van der Waals surface area contributed by atoms with Crippen LogP contribution in [0.4, 0.5) is 0 Å². The number of halogens is 2. The highest BCUT2D eigenvalue weighted by Gasteiger charge is 2.25. The number of nitrogens with one attached hydrogen (secondary N) is 1. The lowest BCUT2D eigenvalue weighted by Gasteiger charge is -2.30. The second-order valence-electron chi connectivity index (χ2n) is 5.71. The molecule has 0 spiro atoms. The summed E-state index contributed by atoms with van der Waals surface area (Å²) in [7, 11) is 0. The molecule has 2 rings (SSSR count). The molecule has 0 saturated heterocycles. The van der Waals surface area contributed by atoms with Crippen molar-refractivity contribution in [2.24, 2.45) is 5.92 Å². The van der Waals surface area contributed by atoms with E-state index < -0.39 is 6.10 Å². The zero-order valence-corrected chi connectivity index (χ0v) is 13.9. The van der Waals surface area contributed by atoms with E-state index in [2.05, 4.69) is 12.2 Å². The molecule has 3 nitrogen and oxygen atoms in total. The molecule has 3 atom stereocenters. The molecule has 1 aromatic rings. The summed E-state index contributed by atoms with van der Waals surface area (Å²) in [5.41, 5.74) is 0. The lowest BCUT2D eigenvalue weighted by atomic mass is 9.86. The number of carbonyl (C=O) groups excluding carboxylic acids is 1. The van der Waals surface area contributed by atoms with Crippen LogP contribution in [0.3, 0.4) is 0 Å². The average Bonchev–Trinajstić information content (AvgIpc) is 2.44. The molecule has 1 N–H and O–H groups in total. The number of hydrogen-bond acceptors (Lipinski definition) is 2. The number of amides is 1. The number of carbonyl (C=O) groups is 1. The third-order valence-electron chi connectivity index (χ3n) is 4.01. The van der Waals surface area contributed by atoms with Crippen LogP contribution in [0.5, 0.6) is 5.75 Å². The molecule has 1 fully saturated rings. The second kappa shape index (κ2) is 7.37. The van der Waals surface area contributed by atoms with Crippen LogP contribution in [0.25, 0.3) is 0 Å². The maximum atomic E-state index is 12.2. The minimum atomic E-state index is -0.585. The van der Waals surface area contributed by atoms with Gasteiger partial charge in [-0.05, 0) is 43.9 Å². The third-order valence-corrected chi connectivity index (χ3v) is 4.54. The molecule has 1 aliphatic rings. The quantitative estimate of drug-likeness (QED) is 0.885. The van der Waals surface area contributed by atoms with Gasteiger partial charge in [0.2, 0.25) is 0 Å². The fourth-order valence-electron chi connectivity index (χ4n) is 2.65. The molecule has 0 unspecified atom stereocenters. The Bertz CT molecular complexity index is 507. The summed E-state index contributed by atoms with van der Waals surface area (Å²) in [5.74, 6) is 0.897. The molecule has 21 heavy (non-hydrogen) atoms. The van der Waals surface area contributed by atoms with Gasteiger partial charge >= 0.3 is 0 Å². The van der Waals surface area contributed by atoms with Crippen LogP contribution in [0.2, 0.25) is 10.0 Å². The Balaban J connectivity index is 1.92. The zero-order valence-electron chi connectivity index (χ0n) is 12.4. The average molecular weight is 330 g/mol. The SMILES string of the molecule is C[C@@H](Oc1ccc(Cl)cc1Cl)C(=O)N[C@H]1CCCC[C@@H]1C. The van der Waals surface area contributed by atoms with Crippen molar-refractivity contribution in [2.75, 3.05) is 0 Å². The minimum absolute atomic E-state index is 0.0974. The van der Waals surface area contributed by atoms with Crippen LogP contribution in [0.15, 0.2) is 18.2 Å². The van der Waals surface area contributed by atoms with E-state index in [1.807, 2.05) is 0 Å². The van der Waals surface area contributed by atoms with Gasteiger partial charge in [-0.3, -0.25) is 4.79 Å². The molecule has 0 heterocycles. The Kier molecular flexibility index (Phi) is 5.77. The maximum absolute atomic E-state index is 12.2. The lowest BCUT2D eigenvalue weighted by Crippen LogP contribution is -2.46. The monoisotopic (exact) mass is 329 g/mol. The van der Waals surface area contributed by atoms with E-state index in [0.29, 0.717) is 21.7 Å². The van der Waals surface area contributed by atoms with Gasteiger partial charge in [-0.2, -0.15) is 0 Å². The van der Waals surface area contributed by atoms with Gasteiger partial charge in [-0.25, -0.2) is 0 Å². The number of hydrogen-bond donors (Lipinski definition) is 1. The summed E-state index contributed by atoms with van der Waals surface area (Å²) in [6.45, 7) is 3.92. The molecule has 0 aliphatic heterocycles. The molecule has 0 radical (unpaired) electrons. The zero-order chi connectivity index (χ0) is 15.4. The normalized spacial score (nSPS) is 23.4. The van der Waals surface area contributed by atoms with Crippen LogP contribution in [0, 0.1) is 5.92 Å². The summed E-state index contributed by atoms with van der Waals surface area (Å²) in [6.07, 6.45) is 4.05. The number of rotatable bonds is 4. The van der Waals surface area contributed by atoms with Gasteiger partial charge in [0.1, 0.15) is 5.75 Å². The molecular formula is C16H21Cl2NO2. The van der Waals surface area contributed by atoms with Crippen molar-refractivity contribution in [2.45, 2.75) is 51.7 Å². The summed E-state index contributed by atoms with van der Waals surface area (Å²) < 4.78 is 5.64. The van der Waals surface area contributed by atoms with Gasteiger partial charge in [0.05, 0.1) is 5.02 Å². The summed E-state index contributed by atoms with van der Waals surface area (Å²) >= 11 is 11.9. The lowest BCUT2D eigenvalue weighted by molar-refractivity contribution is -0.128. The van der Waals surface area contributed by atoms with E-state index in [9.17, 15) is 4.79 Å². The van der Waals surface area contributed by atoms with Gasteiger partial charge in [-0.15, -0.1) is 0 Å². The van der Waals surface area contributed by atoms with Crippen LogP contribution >= 0.6 is 23.2 Å². The Morgan fingerprint density at radius 1 is 1.33 bits per heavy atom. The van der Waals surface area contributed by atoms with E-state index >= 15 is 0 Å². The topological polar surface area (TPSA) is 38.3 Å². The van der Waals surface area contributed by atoms with E-state index in [1.54, 1.807) is 25.1 Å². The van der Waals surface area contributed by atoms with Crippen molar-refractivity contribution in [1.82, 2.24) is 5.32 Å². The number of ether oxygens (including phenoxy) is 1. The summed E-state index contributed by atoms with van der Waals surface area (Å²) in [6, 6.07) is 5.22.